The van der Waals surface area contributed by atoms with Crippen LogP contribution in [0.25, 0.3) is 0 Å². The minimum absolute atomic E-state index is 0.0508. The van der Waals surface area contributed by atoms with Crippen molar-refractivity contribution >= 4 is 11.7 Å². The molecule has 2 aliphatic heterocycles. The standard InChI is InChI=1S/C20H26N6O2/c1-14-11-18(25-7-9-28-10-8-25)24-19(23-14)16-3-5-26(6-4-16)20(27)17-13-21-15(2)12-22-17/h11-13,16H,3-10H2,1-2H3. The van der Waals surface area contributed by atoms with E-state index in [0.29, 0.717) is 18.8 Å². The van der Waals surface area contributed by atoms with Crippen molar-refractivity contribution in [2.24, 2.45) is 0 Å². The molecule has 0 aliphatic carbocycles. The number of hydrogen-bond acceptors (Lipinski definition) is 7. The van der Waals surface area contributed by atoms with Crippen molar-refractivity contribution in [3.05, 3.63) is 41.4 Å². The molecule has 4 heterocycles. The quantitative estimate of drug-likeness (QED) is 0.799. The Morgan fingerprint density at radius 2 is 1.75 bits per heavy atom. The van der Waals surface area contributed by atoms with Crippen LogP contribution in [0.3, 0.4) is 0 Å². The zero-order valence-corrected chi connectivity index (χ0v) is 16.5. The van der Waals surface area contributed by atoms with E-state index in [1.807, 2.05) is 24.8 Å². The number of likely N-dealkylation sites (tertiary alicyclic amines) is 1. The van der Waals surface area contributed by atoms with Gasteiger partial charge in [0, 0.05) is 50.1 Å². The van der Waals surface area contributed by atoms with Crippen molar-refractivity contribution in [1.82, 2.24) is 24.8 Å². The van der Waals surface area contributed by atoms with Crippen LogP contribution in [0.2, 0.25) is 0 Å². The Balaban J connectivity index is 1.42. The molecule has 0 spiro atoms. The number of carbonyl (C=O) groups is 1. The highest BCUT2D eigenvalue weighted by Gasteiger charge is 2.27. The van der Waals surface area contributed by atoms with E-state index in [2.05, 4.69) is 14.9 Å². The largest absolute Gasteiger partial charge is 0.378 e. The van der Waals surface area contributed by atoms with Crippen LogP contribution in [0.5, 0.6) is 0 Å². The Morgan fingerprint density at radius 1 is 1.00 bits per heavy atom. The summed E-state index contributed by atoms with van der Waals surface area (Å²) in [6, 6.07) is 2.05. The molecule has 0 N–H and O–H groups in total. The summed E-state index contributed by atoms with van der Waals surface area (Å²) < 4.78 is 5.44. The molecule has 2 aromatic rings. The number of aryl methyl sites for hydroxylation is 2. The first-order valence-corrected chi connectivity index (χ1v) is 9.86. The molecule has 2 saturated heterocycles. The second kappa shape index (κ2) is 8.18. The van der Waals surface area contributed by atoms with Crippen LogP contribution in [0, 0.1) is 13.8 Å². The maximum absolute atomic E-state index is 12.6. The Kier molecular flexibility index (Phi) is 5.47. The van der Waals surface area contributed by atoms with Crippen molar-refractivity contribution in [3.8, 4) is 0 Å². The second-order valence-electron chi connectivity index (χ2n) is 7.43. The first kappa shape index (κ1) is 18.7. The maximum Gasteiger partial charge on any atom is 0.274 e. The summed E-state index contributed by atoms with van der Waals surface area (Å²) in [4.78, 5) is 34.7. The number of rotatable bonds is 3. The third kappa shape index (κ3) is 4.11. The SMILES string of the molecule is Cc1cnc(C(=O)N2CCC(c3nc(C)cc(N4CCOCC4)n3)CC2)cn1. The van der Waals surface area contributed by atoms with Gasteiger partial charge in [-0.15, -0.1) is 0 Å². The Morgan fingerprint density at radius 3 is 2.43 bits per heavy atom. The lowest BCUT2D eigenvalue weighted by Crippen LogP contribution is -2.39. The average Bonchev–Trinajstić information content (AvgIpc) is 2.74. The molecule has 1 amide bonds. The highest BCUT2D eigenvalue weighted by atomic mass is 16.5. The van der Waals surface area contributed by atoms with Gasteiger partial charge in [0.25, 0.3) is 5.91 Å². The summed E-state index contributed by atoms with van der Waals surface area (Å²) >= 11 is 0. The van der Waals surface area contributed by atoms with Crippen LogP contribution in [0.1, 0.15) is 46.5 Å². The number of piperidine rings is 1. The first-order valence-electron chi connectivity index (χ1n) is 9.86. The van der Waals surface area contributed by atoms with Crippen molar-refractivity contribution < 1.29 is 9.53 Å². The first-order chi connectivity index (χ1) is 13.6. The van der Waals surface area contributed by atoms with Gasteiger partial charge in [-0.1, -0.05) is 0 Å². The number of nitrogens with zero attached hydrogens (tertiary/aromatic N) is 6. The summed E-state index contributed by atoms with van der Waals surface area (Å²) in [6.45, 7) is 8.44. The molecule has 4 rings (SSSR count). The van der Waals surface area contributed by atoms with Crippen molar-refractivity contribution in [3.63, 3.8) is 0 Å². The van der Waals surface area contributed by atoms with Gasteiger partial charge in [0.15, 0.2) is 0 Å². The summed E-state index contributed by atoms with van der Waals surface area (Å²) in [5.41, 5.74) is 2.20. The average molecular weight is 382 g/mol. The number of carbonyl (C=O) groups excluding carboxylic acids is 1. The fourth-order valence-electron chi connectivity index (χ4n) is 3.72. The van der Waals surface area contributed by atoms with Gasteiger partial charge in [-0.25, -0.2) is 15.0 Å². The monoisotopic (exact) mass is 382 g/mol. The molecule has 0 aromatic carbocycles. The van der Waals surface area contributed by atoms with Crippen LogP contribution in [0.15, 0.2) is 18.5 Å². The topological polar surface area (TPSA) is 84.3 Å². The van der Waals surface area contributed by atoms with E-state index in [1.54, 1.807) is 12.4 Å². The molecule has 2 fully saturated rings. The van der Waals surface area contributed by atoms with E-state index < -0.39 is 0 Å². The van der Waals surface area contributed by atoms with Gasteiger partial charge in [0.2, 0.25) is 0 Å². The predicted octanol–water partition coefficient (Wildman–Crippen LogP) is 1.74. The fraction of sp³-hybridized carbons (Fsp3) is 0.550. The van der Waals surface area contributed by atoms with Crippen LogP contribution in [0.4, 0.5) is 5.82 Å². The molecular weight excluding hydrogens is 356 g/mol. The van der Waals surface area contributed by atoms with Gasteiger partial charge in [0.1, 0.15) is 17.3 Å². The second-order valence-corrected chi connectivity index (χ2v) is 7.43. The van der Waals surface area contributed by atoms with E-state index in [4.69, 9.17) is 14.7 Å². The normalized spacial score (nSPS) is 18.4. The minimum Gasteiger partial charge on any atom is -0.378 e. The van der Waals surface area contributed by atoms with Gasteiger partial charge in [0.05, 0.1) is 25.1 Å². The number of anilines is 1. The number of morpholine rings is 1. The van der Waals surface area contributed by atoms with E-state index in [0.717, 1.165) is 62.2 Å². The van der Waals surface area contributed by atoms with Gasteiger partial charge in [-0.3, -0.25) is 9.78 Å². The molecule has 0 unspecified atom stereocenters. The molecule has 2 aromatic heterocycles. The zero-order valence-electron chi connectivity index (χ0n) is 16.5. The Hall–Kier alpha value is -2.61. The third-order valence-corrected chi connectivity index (χ3v) is 5.34. The van der Waals surface area contributed by atoms with Gasteiger partial charge in [-0.2, -0.15) is 0 Å². The predicted molar refractivity (Wildman–Crippen MR) is 104 cm³/mol. The molecule has 0 radical (unpaired) electrons. The van der Waals surface area contributed by atoms with E-state index in [1.165, 1.54) is 0 Å². The molecule has 2 aliphatic rings. The lowest BCUT2D eigenvalue weighted by atomic mass is 9.95. The zero-order chi connectivity index (χ0) is 19.5. The van der Waals surface area contributed by atoms with Crippen LogP contribution < -0.4 is 4.90 Å². The van der Waals surface area contributed by atoms with Crippen molar-refractivity contribution in [2.75, 3.05) is 44.3 Å². The highest BCUT2D eigenvalue weighted by Crippen LogP contribution is 2.28. The fourth-order valence-corrected chi connectivity index (χ4v) is 3.72. The smallest absolute Gasteiger partial charge is 0.274 e. The third-order valence-electron chi connectivity index (χ3n) is 5.34. The van der Waals surface area contributed by atoms with E-state index in [9.17, 15) is 4.79 Å². The minimum atomic E-state index is -0.0508. The van der Waals surface area contributed by atoms with Crippen LogP contribution in [-0.4, -0.2) is 70.1 Å². The van der Waals surface area contributed by atoms with Crippen LogP contribution in [-0.2, 0) is 4.74 Å². The summed E-state index contributed by atoms with van der Waals surface area (Å²) in [5, 5.41) is 0. The highest BCUT2D eigenvalue weighted by molar-refractivity contribution is 5.92. The summed E-state index contributed by atoms with van der Waals surface area (Å²) in [6.07, 6.45) is 4.91. The lowest BCUT2D eigenvalue weighted by Gasteiger charge is -2.32. The van der Waals surface area contributed by atoms with Crippen molar-refractivity contribution in [1.29, 1.82) is 0 Å². The summed E-state index contributed by atoms with van der Waals surface area (Å²) in [5.74, 6) is 2.10. The Labute approximate surface area is 165 Å². The van der Waals surface area contributed by atoms with E-state index >= 15 is 0 Å². The number of aromatic nitrogens is 4. The molecule has 0 saturated carbocycles. The summed E-state index contributed by atoms with van der Waals surface area (Å²) in [7, 11) is 0. The molecule has 0 atom stereocenters. The number of ether oxygens (including phenoxy) is 1. The molecular formula is C20H26N6O2. The maximum atomic E-state index is 12.6. The molecule has 148 valence electrons. The van der Waals surface area contributed by atoms with Gasteiger partial charge in [-0.05, 0) is 26.7 Å². The van der Waals surface area contributed by atoms with E-state index in [-0.39, 0.29) is 11.8 Å². The number of amides is 1. The Bertz CT molecular complexity index is 827. The molecule has 8 heteroatoms. The number of hydrogen-bond donors (Lipinski definition) is 0. The molecule has 28 heavy (non-hydrogen) atoms. The lowest BCUT2D eigenvalue weighted by molar-refractivity contribution is 0.0704. The van der Waals surface area contributed by atoms with Gasteiger partial charge < -0.3 is 14.5 Å². The molecule has 8 nitrogen and oxygen atoms in total. The molecule has 0 bridgehead atoms. The van der Waals surface area contributed by atoms with Crippen molar-refractivity contribution in [2.45, 2.75) is 32.6 Å². The van der Waals surface area contributed by atoms with Crippen LogP contribution >= 0.6 is 0 Å². The van der Waals surface area contributed by atoms with Gasteiger partial charge >= 0.3 is 0 Å².